The van der Waals surface area contributed by atoms with E-state index in [9.17, 15) is 0 Å². The molecule has 0 saturated heterocycles. The summed E-state index contributed by atoms with van der Waals surface area (Å²) in [6.07, 6.45) is 2.73. The van der Waals surface area contributed by atoms with Crippen LogP contribution in [0.1, 0.15) is 10.4 Å². The highest BCUT2D eigenvalue weighted by molar-refractivity contribution is 7.15. The molecule has 1 heterocycles. The van der Waals surface area contributed by atoms with E-state index >= 15 is 0 Å². The van der Waals surface area contributed by atoms with Gasteiger partial charge in [-0.05, 0) is 29.8 Å². The van der Waals surface area contributed by atoms with E-state index in [0.29, 0.717) is 5.02 Å². The van der Waals surface area contributed by atoms with Crippen LogP contribution in [0.5, 0.6) is 0 Å². The average Bonchev–Trinajstić information content (AvgIpc) is 2.91. The Hall–Kier alpha value is -1.55. The van der Waals surface area contributed by atoms with Crippen LogP contribution >= 0.6 is 34.5 Å². The monoisotopic (exact) mass is 334 g/mol. The number of nitrogens with one attached hydrogen (secondary N) is 1. The molecule has 21 heavy (non-hydrogen) atoms. The van der Waals surface area contributed by atoms with Gasteiger partial charge in [-0.1, -0.05) is 47.5 Å². The van der Waals surface area contributed by atoms with Gasteiger partial charge in [-0.3, -0.25) is 0 Å². The SMILES string of the molecule is Clc1ccc(Cc2cnc(Nc3ccccc3Cl)s2)cc1. The molecule has 3 aromatic rings. The Bertz CT molecular complexity index is 738. The van der Waals surface area contributed by atoms with Gasteiger partial charge < -0.3 is 5.32 Å². The molecule has 2 aromatic carbocycles. The van der Waals surface area contributed by atoms with Crippen molar-refractivity contribution >= 4 is 45.4 Å². The van der Waals surface area contributed by atoms with E-state index < -0.39 is 0 Å². The number of rotatable bonds is 4. The van der Waals surface area contributed by atoms with Crippen molar-refractivity contribution in [3.63, 3.8) is 0 Å². The van der Waals surface area contributed by atoms with Crippen LogP contribution in [-0.4, -0.2) is 4.98 Å². The normalized spacial score (nSPS) is 10.6. The second-order valence-corrected chi connectivity index (χ2v) is 6.50. The maximum absolute atomic E-state index is 6.13. The van der Waals surface area contributed by atoms with Crippen molar-refractivity contribution in [3.05, 3.63) is 75.2 Å². The topological polar surface area (TPSA) is 24.9 Å². The summed E-state index contributed by atoms with van der Waals surface area (Å²) in [5.41, 5.74) is 2.08. The van der Waals surface area contributed by atoms with E-state index in [1.807, 2.05) is 54.7 Å². The minimum absolute atomic E-state index is 0.687. The van der Waals surface area contributed by atoms with Gasteiger partial charge in [0, 0.05) is 22.5 Å². The summed E-state index contributed by atoms with van der Waals surface area (Å²) in [6, 6.07) is 15.5. The molecule has 1 N–H and O–H groups in total. The molecule has 0 aliphatic carbocycles. The second kappa shape index (κ2) is 6.48. The van der Waals surface area contributed by atoms with Crippen LogP contribution in [0.25, 0.3) is 0 Å². The van der Waals surface area contributed by atoms with E-state index in [0.717, 1.165) is 22.3 Å². The van der Waals surface area contributed by atoms with Crippen molar-refractivity contribution in [2.45, 2.75) is 6.42 Å². The summed E-state index contributed by atoms with van der Waals surface area (Å²) in [7, 11) is 0. The first kappa shape index (κ1) is 14.4. The molecule has 106 valence electrons. The number of benzene rings is 2. The molecule has 0 radical (unpaired) electrons. The smallest absolute Gasteiger partial charge is 0.187 e. The fourth-order valence-corrected chi connectivity index (χ4v) is 3.10. The van der Waals surface area contributed by atoms with Gasteiger partial charge in [0.2, 0.25) is 0 Å². The molecule has 5 heteroatoms. The minimum Gasteiger partial charge on any atom is -0.330 e. The zero-order valence-corrected chi connectivity index (χ0v) is 13.3. The van der Waals surface area contributed by atoms with Crippen molar-refractivity contribution < 1.29 is 0 Å². The molecule has 0 atom stereocenters. The van der Waals surface area contributed by atoms with Crippen molar-refractivity contribution in [2.24, 2.45) is 0 Å². The summed E-state index contributed by atoms with van der Waals surface area (Å²) in [5.74, 6) is 0. The Morgan fingerprint density at radius 1 is 1.00 bits per heavy atom. The van der Waals surface area contributed by atoms with Gasteiger partial charge in [0.15, 0.2) is 5.13 Å². The summed E-state index contributed by atoms with van der Waals surface area (Å²) in [6.45, 7) is 0. The summed E-state index contributed by atoms with van der Waals surface area (Å²) < 4.78 is 0. The van der Waals surface area contributed by atoms with Gasteiger partial charge in [-0.15, -0.1) is 11.3 Å². The molecule has 0 amide bonds. The van der Waals surface area contributed by atoms with Crippen molar-refractivity contribution in [1.82, 2.24) is 4.98 Å². The first-order valence-corrected chi connectivity index (χ1v) is 7.98. The Balaban J connectivity index is 1.72. The van der Waals surface area contributed by atoms with E-state index in [-0.39, 0.29) is 0 Å². The lowest BCUT2D eigenvalue weighted by Crippen LogP contribution is -1.89. The third-order valence-electron chi connectivity index (χ3n) is 2.96. The summed E-state index contributed by atoms with van der Waals surface area (Å²) in [4.78, 5) is 5.58. The average molecular weight is 335 g/mol. The lowest BCUT2D eigenvalue weighted by molar-refractivity contribution is 1.22. The third-order valence-corrected chi connectivity index (χ3v) is 4.45. The van der Waals surface area contributed by atoms with Gasteiger partial charge in [-0.25, -0.2) is 4.98 Å². The predicted molar refractivity (Wildman–Crippen MR) is 91.1 cm³/mol. The lowest BCUT2D eigenvalue weighted by Gasteiger charge is -2.03. The maximum atomic E-state index is 6.13. The second-order valence-electron chi connectivity index (χ2n) is 4.54. The molecule has 0 unspecified atom stereocenters. The molecule has 1 aromatic heterocycles. The maximum Gasteiger partial charge on any atom is 0.187 e. The van der Waals surface area contributed by atoms with Crippen LogP contribution in [0.15, 0.2) is 54.7 Å². The van der Waals surface area contributed by atoms with Crippen LogP contribution in [0.2, 0.25) is 10.0 Å². The minimum atomic E-state index is 0.687. The largest absolute Gasteiger partial charge is 0.330 e. The molecule has 2 nitrogen and oxygen atoms in total. The van der Waals surface area contributed by atoms with Crippen LogP contribution in [0.3, 0.4) is 0 Å². The quantitative estimate of drug-likeness (QED) is 0.653. The Morgan fingerprint density at radius 2 is 1.76 bits per heavy atom. The first-order chi connectivity index (χ1) is 10.2. The highest BCUT2D eigenvalue weighted by Crippen LogP contribution is 2.28. The van der Waals surface area contributed by atoms with Crippen molar-refractivity contribution in [2.75, 3.05) is 5.32 Å². The fourth-order valence-electron chi connectivity index (χ4n) is 1.93. The van der Waals surface area contributed by atoms with Crippen LogP contribution in [0.4, 0.5) is 10.8 Å². The molecule has 0 fully saturated rings. The van der Waals surface area contributed by atoms with Gasteiger partial charge in [0.25, 0.3) is 0 Å². The highest BCUT2D eigenvalue weighted by atomic mass is 35.5. The number of thiazole rings is 1. The van der Waals surface area contributed by atoms with Crippen LogP contribution in [0, 0.1) is 0 Å². The van der Waals surface area contributed by atoms with Gasteiger partial charge in [0.05, 0.1) is 10.7 Å². The third kappa shape index (κ3) is 3.76. The van der Waals surface area contributed by atoms with Gasteiger partial charge in [0.1, 0.15) is 0 Å². The van der Waals surface area contributed by atoms with Crippen molar-refractivity contribution in [1.29, 1.82) is 0 Å². The molecule has 0 aliphatic heterocycles. The van der Waals surface area contributed by atoms with E-state index in [2.05, 4.69) is 10.3 Å². The number of anilines is 2. The van der Waals surface area contributed by atoms with Crippen LogP contribution in [-0.2, 0) is 6.42 Å². The molecular formula is C16H12Cl2N2S. The highest BCUT2D eigenvalue weighted by Gasteiger charge is 2.05. The van der Waals surface area contributed by atoms with E-state index in [1.165, 1.54) is 10.4 Å². The summed E-state index contributed by atoms with van der Waals surface area (Å²) >= 11 is 13.6. The molecular weight excluding hydrogens is 323 g/mol. The number of hydrogen-bond acceptors (Lipinski definition) is 3. The van der Waals surface area contributed by atoms with E-state index in [4.69, 9.17) is 23.2 Å². The lowest BCUT2D eigenvalue weighted by atomic mass is 10.1. The molecule has 0 aliphatic rings. The number of aromatic nitrogens is 1. The van der Waals surface area contributed by atoms with E-state index in [1.54, 1.807) is 11.3 Å². The zero-order valence-electron chi connectivity index (χ0n) is 11.0. The number of nitrogens with zero attached hydrogens (tertiary/aromatic N) is 1. The molecule has 0 saturated carbocycles. The van der Waals surface area contributed by atoms with Crippen LogP contribution < -0.4 is 5.32 Å². The Kier molecular flexibility index (Phi) is 4.44. The number of para-hydroxylation sites is 1. The molecule has 0 bridgehead atoms. The Labute approximate surface area is 137 Å². The standard InChI is InChI=1S/C16H12Cl2N2S/c17-12-7-5-11(6-8-12)9-13-10-19-16(21-13)20-15-4-2-1-3-14(15)18/h1-8,10H,9H2,(H,19,20). The Morgan fingerprint density at radius 3 is 2.52 bits per heavy atom. The van der Waals surface area contributed by atoms with Crippen molar-refractivity contribution in [3.8, 4) is 0 Å². The molecule has 3 rings (SSSR count). The predicted octanol–water partition coefficient (Wildman–Crippen LogP) is 5.78. The number of halogens is 2. The van der Waals surface area contributed by atoms with Gasteiger partial charge >= 0.3 is 0 Å². The summed E-state index contributed by atoms with van der Waals surface area (Å²) in [5, 5.41) is 5.52. The zero-order chi connectivity index (χ0) is 14.7. The number of hydrogen-bond donors (Lipinski definition) is 1. The van der Waals surface area contributed by atoms with Gasteiger partial charge in [-0.2, -0.15) is 0 Å². The fraction of sp³-hybridized carbons (Fsp3) is 0.0625. The molecule has 0 spiro atoms. The first-order valence-electron chi connectivity index (χ1n) is 6.41.